The highest BCUT2D eigenvalue weighted by Crippen LogP contribution is 2.18. The Bertz CT molecular complexity index is 575. The average Bonchev–Trinajstić information content (AvgIpc) is 2.31. The molecule has 0 saturated carbocycles. The molecule has 1 aromatic heterocycles. The molecule has 0 aliphatic rings. The van der Waals surface area contributed by atoms with E-state index >= 15 is 0 Å². The molecule has 17 heavy (non-hydrogen) atoms. The monoisotopic (exact) mass is 264 g/mol. The van der Waals surface area contributed by atoms with E-state index in [2.05, 4.69) is 15.3 Å². The molecule has 0 saturated heterocycles. The van der Waals surface area contributed by atoms with Crippen LogP contribution in [0.4, 0.5) is 11.5 Å². The lowest BCUT2D eigenvalue weighted by Gasteiger charge is -2.05. The maximum Gasteiger partial charge on any atom is 0.225 e. The van der Waals surface area contributed by atoms with E-state index in [9.17, 15) is 0 Å². The maximum atomic E-state index is 8.74. The largest absolute Gasteiger partial charge is 0.340 e. The van der Waals surface area contributed by atoms with Gasteiger partial charge in [0, 0.05) is 16.8 Å². The van der Waals surface area contributed by atoms with Crippen molar-refractivity contribution in [3.63, 3.8) is 0 Å². The molecule has 84 valence electrons. The SMILES string of the molecule is N#Cc1cc(Nc2ccc(Cl)cc2)nc(Cl)n1. The number of rotatable bonds is 2. The van der Waals surface area contributed by atoms with Crippen molar-refractivity contribution < 1.29 is 0 Å². The fraction of sp³-hybridized carbons (Fsp3) is 0. The van der Waals surface area contributed by atoms with Gasteiger partial charge in [0.25, 0.3) is 0 Å². The van der Waals surface area contributed by atoms with Crippen molar-refractivity contribution >= 4 is 34.7 Å². The summed E-state index contributed by atoms with van der Waals surface area (Å²) in [7, 11) is 0. The van der Waals surface area contributed by atoms with E-state index in [0.29, 0.717) is 10.8 Å². The molecule has 0 spiro atoms. The summed E-state index contributed by atoms with van der Waals surface area (Å²) in [6.45, 7) is 0. The molecular formula is C11H6Cl2N4. The van der Waals surface area contributed by atoms with E-state index in [1.807, 2.05) is 6.07 Å². The van der Waals surface area contributed by atoms with Crippen LogP contribution in [0.25, 0.3) is 0 Å². The highest BCUT2D eigenvalue weighted by Gasteiger charge is 2.02. The minimum atomic E-state index is 0.0283. The Balaban J connectivity index is 2.27. The summed E-state index contributed by atoms with van der Waals surface area (Å²) in [4.78, 5) is 7.70. The lowest BCUT2D eigenvalue weighted by atomic mass is 10.3. The van der Waals surface area contributed by atoms with Crippen molar-refractivity contribution in [3.05, 3.63) is 46.3 Å². The van der Waals surface area contributed by atoms with E-state index in [1.54, 1.807) is 24.3 Å². The average molecular weight is 265 g/mol. The van der Waals surface area contributed by atoms with Crippen LogP contribution >= 0.6 is 23.2 Å². The van der Waals surface area contributed by atoms with Gasteiger partial charge in [0.1, 0.15) is 17.6 Å². The highest BCUT2D eigenvalue weighted by molar-refractivity contribution is 6.30. The third-order valence-corrected chi connectivity index (χ3v) is 2.35. The molecule has 0 atom stereocenters. The number of hydrogen-bond donors (Lipinski definition) is 1. The molecule has 1 N–H and O–H groups in total. The number of benzene rings is 1. The first-order chi connectivity index (χ1) is 8.17. The number of nitrogens with one attached hydrogen (secondary N) is 1. The molecule has 2 aromatic rings. The van der Waals surface area contributed by atoms with E-state index in [1.165, 1.54) is 6.07 Å². The second-order valence-electron chi connectivity index (χ2n) is 3.15. The van der Waals surface area contributed by atoms with Gasteiger partial charge in [0.15, 0.2) is 0 Å². The van der Waals surface area contributed by atoms with Crippen molar-refractivity contribution in [2.24, 2.45) is 0 Å². The summed E-state index contributed by atoms with van der Waals surface area (Å²) in [5.74, 6) is 0.462. The van der Waals surface area contributed by atoms with Crippen molar-refractivity contribution in [2.75, 3.05) is 5.32 Å². The Kier molecular flexibility index (Phi) is 3.43. The van der Waals surface area contributed by atoms with E-state index < -0.39 is 0 Å². The molecule has 0 amide bonds. The van der Waals surface area contributed by atoms with E-state index in [-0.39, 0.29) is 11.0 Å². The van der Waals surface area contributed by atoms with Gasteiger partial charge in [-0.25, -0.2) is 9.97 Å². The van der Waals surface area contributed by atoms with Crippen LogP contribution in [-0.2, 0) is 0 Å². The smallest absolute Gasteiger partial charge is 0.225 e. The number of hydrogen-bond acceptors (Lipinski definition) is 4. The van der Waals surface area contributed by atoms with Gasteiger partial charge in [-0.3, -0.25) is 0 Å². The molecular weight excluding hydrogens is 259 g/mol. The predicted molar refractivity (Wildman–Crippen MR) is 66.5 cm³/mol. The van der Waals surface area contributed by atoms with Crippen molar-refractivity contribution in [3.8, 4) is 6.07 Å². The van der Waals surface area contributed by atoms with Crippen LogP contribution in [0.2, 0.25) is 10.3 Å². The van der Waals surface area contributed by atoms with Crippen molar-refractivity contribution in [1.29, 1.82) is 5.26 Å². The molecule has 6 heteroatoms. The zero-order valence-electron chi connectivity index (χ0n) is 8.48. The highest BCUT2D eigenvalue weighted by atomic mass is 35.5. The molecule has 0 bridgehead atoms. The van der Waals surface area contributed by atoms with Crippen molar-refractivity contribution in [2.45, 2.75) is 0 Å². The van der Waals surface area contributed by atoms with Gasteiger partial charge in [-0.2, -0.15) is 5.26 Å². The Morgan fingerprint density at radius 3 is 2.47 bits per heavy atom. The van der Waals surface area contributed by atoms with E-state index in [4.69, 9.17) is 28.5 Å². The molecule has 0 unspecified atom stereocenters. The third kappa shape index (κ3) is 3.06. The van der Waals surface area contributed by atoms with E-state index in [0.717, 1.165) is 5.69 Å². The number of nitrogens with zero attached hydrogens (tertiary/aromatic N) is 3. The lowest BCUT2D eigenvalue weighted by molar-refractivity contribution is 1.14. The first kappa shape index (κ1) is 11.6. The van der Waals surface area contributed by atoms with Crippen LogP contribution in [0.5, 0.6) is 0 Å². The Labute approximate surface area is 108 Å². The van der Waals surface area contributed by atoms with Gasteiger partial charge < -0.3 is 5.32 Å². The van der Waals surface area contributed by atoms with Crippen LogP contribution in [0.3, 0.4) is 0 Å². The number of anilines is 2. The standard InChI is InChI=1S/C11H6Cl2N4/c12-7-1-3-8(4-2-7)15-10-5-9(6-14)16-11(13)17-10/h1-5H,(H,15,16,17). The van der Waals surface area contributed by atoms with Crippen LogP contribution in [0, 0.1) is 11.3 Å². The van der Waals surface area contributed by atoms with Gasteiger partial charge in [-0.05, 0) is 35.9 Å². The zero-order valence-corrected chi connectivity index (χ0v) is 10.00. The topological polar surface area (TPSA) is 61.6 Å². The van der Waals surface area contributed by atoms with Gasteiger partial charge in [-0.1, -0.05) is 11.6 Å². The first-order valence-corrected chi connectivity index (χ1v) is 5.40. The molecule has 0 radical (unpaired) electrons. The summed E-state index contributed by atoms with van der Waals surface area (Å²) in [6.07, 6.45) is 0. The molecule has 0 fully saturated rings. The maximum absolute atomic E-state index is 8.74. The van der Waals surface area contributed by atoms with Gasteiger partial charge in [0.2, 0.25) is 5.28 Å². The quantitative estimate of drug-likeness (QED) is 0.845. The summed E-state index contributed by atoms with van der Waals surface area (Å²) < 4.78 is 0. The molecule has 0 aliphatic heterocycles. The predicted octanol–water partition coefficient (Wildman–Crippen LogP) is 3.40. The second kappa shape index (κ2) is 5.00. The number of halogens is 2. The third-order valence-electron chi connectivity index (χ3n) is 1.93. The van der Waals surface area contributed by atoms with Gasteiger partial charge in [0.05, 0.1) is 0 Å². The Morgan fingerprint density at radius 2 is 1.82 bits per heavy atom. The van der Waals surface area contributed by atoms with Crippen LogP contribution in [-0.4, -0.2) is 9.97 Å². The molecule has 0 aliphatic carbocycles. The molecule has 1 heterocycles. The van der Waals surface area contributed by atoms with Crippen LogP contribution in [0.15, 0.2) is 30.3 Å². The van der Waals surface area contributed by atoms with Gasteiger partial charge >= 0.3 is 0 Å². The second-order valence-corrected chi connectivity index (χ2v) is 3.93. The Morgan fingerprint density at radius 1 is 1.12 bits per heavy atom. The van der Waals surface area contributed by atoms with Crippen LogP contribution < -0.4 is 5.32 Å². The Hall–Kier alpha value is -1.83. The molecule has 1 aromatic carbocycles. The summed E-state index contributed by atoms with van der Waals surface area (Å²) in [6, 6.07) is 10.5. The molecule has 2 rings (SSSR count). The number of nitriles is 1. The van der Waals surface area contributed by atoms with Crippen molar-refractivity contribution in [1.82, 2.24) is 9.97 Å². The summed E-state index contributed by atoms with van der Waals surface area (Å²) >= 11 is 11.5. The first-order valence-electron chi connectivity index (χ1n) is 4.64. The zero-order chi connectivity index (χ0) is 12.3. The summed E-state index contributed by atoms with van der Waals surface area (Å²) in [5.41, 5.74) is 1.01. The fourth-order valence-electron chi connectivity index (χ4n) is 1.22. The lowest BCUT2D eigenvalue weighted by Crippen LogP contribution is -1.96. The minimum absolute atomic E-state index is 0.0283. The minimum Gasteiger partial charge on any atom is -0.340 e. The molecule has 4 nitrogen and oxygen atoms in total. The number of aromatic nitrogens is 2. The van der Waals surface area contributed by atoms with Gasteiger partial charge in [-0.15, -0.1) is 0 Å². The normalized spacial score (nSPS) is 9.71. The summed E-state index contributed by atoms with van der Waals surface area (Å²) in [5, 5.41) is 12.4. The fourth-order valence-corrected chi connectivity index (χ4v) is 1.53. The van der Waals surface area contributed by atoms with Crippen LogP contribution in [0.1, 0.15) is 5.69 Å².